The summed E-state index contributed by atoms with van der Waals surface area (Å²) in [5.41, 5.74) is 0.871. The van der Waals surface area contributed by atoms with Gasteiger partial charge in [-0.15, -0.1) is 0 Å². The van der Waals surface area contributed by atoms with Crippen molar-refractivity contribution >= 4 is 28.9 Å². The molecule has 5 N–H and O–H groups in total. The lowest BCUT2D eigenvalue weighted by atomic mass is 10.0. The van der Waals surface area contributed by atoms with Crippen molar-refractivity contribution in [1.82, 2.24) is 15.6 Å². The lowest BCUT2D eigenvalue weighted by molar-refractivity contribution is -0.143. The first kappa shape index (κ1) is 21.2. The molecule has 9 nitrogen and oxygen atoms in total. The van der Waals surface area contributed by atoms with Gasteiger partial charge in [0.25, 0.3) is 0 Å². The number of H-pyrrole nitrogens is 1. The number of carboxylic acids is 1. The fourth-order valence-corrected chi connectivity index (χ4v) is 2.64. The maximum atomic E-state index is 12.6. The molecule has 0 saturated carbocycles. The zero-order valence-corrected chi connectivity index (χ0v) is 16.0. The molecule has 0 aliphatic heterocycles. The highest BCUT2D eigenvalue weighted by atomic mass is 16.6. The number of benzene rings is 1. The number of amides is 2. The van der Waals surface area contributed by atoms with Crippen molar-refractivity contribution in [1.29, 1.82) is 0 Å². The number of ether oxygens (including phenoxy) is 1. The summed E-state index contributed by atoms with van der Waals surface area (Å²) in [6.45, 7) is 4.29. The van der Waals surface area contributed by atoms with Gasteiger partial charge in [-0.1, -0.05) is 18.2 Å². The van der Waals surface area contributed by atoms with Crippen molar-refractivity contribution in [3.63, 3.8) is 0 Å². The largest absolute Gasteiger partial charge is 0.480 e. The number of rotatable bonds is 7. The van der Waals surface area contributed by atoms with Gasteiger partial charge in [-0.2, -0.15) is 0 Å². The van der Waals surface area contributed by atoms with Crippen LogP contribution in [-0.4, -0.2) is 57.5 Å². The number of aliphatic hydroxyl groups excluding tert-OH is 1. The van der Waals surface area contributed by atoms with Gasteiger partial charge < -0.3 is 30.6 Å². The van der Waals surface area contributed by atoms with E-state index in [4.69, 9.17) is 14.9 Å². The van der Waals surface area contributed by atoms with Gasteiger partial charge in [0, 0.05) is 23.5 Å². The quantitative estimate of drug-likeness (QED) is 0.480. The molecule has 0 bridgehead atoms. The molecule has 152 valence electrons. The predicted molar refractivity (Wildman–Crippen MR) is 102 cm³/mol. The number of para-hydroxylation sites is 1. The molecule has 28 heavy (non-hydrogen) atoms. The number of fused-ring (bicyclic) bond motifs is 1. The van der Waals surface area contributed by atoms with E-state index in [0.29, 0.717) is 0 Å². The first-order chi connectivity index (χ1) is 13.1. The molecular weight excluding hydrogens is 366 g/mol. The Bertz CT molecular complexity index is 855. The second-order valence-corrected chi connectivity index (χ2v) is 7.34. The number of aromatic amines is 1. The van der Waals surface area contributed by atoms with Crippen LogP contribution in [0.3, 0.4) is 0 Å². The van der Waals surface area contributed by atoms with Gasteiger partial charge in [0.1, 0.15) is 17.7 Å². The Hall–Kier alpha value is -3.07. The smallest absolute Gasteiger partial charge is 0.408 e. The summed E-state index contributed by atoms with van der Waals surface area (Å²) in [5.74, 6) is -2.11. The Kier molecular flexibility index (Phi) is 6.63. The monoisotopic (exact) mass is 391 g/mol. The van der Waals surface area contributed by atoms with Crippen LogP contribution in [0.1, 0.15) is 26.3 Å². The molecule has 2 atom stereocenters. The number of aromatic nitrogens is 1. The van der Waals surface area contributed by atoms with Crippen molar-refractivity contribution in [2.24, 2.45) is 0 Å². The van der Waals surface area contributed by atoms with E-state index < -0.39 is 42.3 Å². The van der Waals surface area contributed by atoms with Crippen LogP contribution in [0.5, 0.6) is 0 Å². The zero-order chi connectivity index (χ0) is 20.9. The molecule has 0 aliphatic rings. The molecule has 0 fully saturated rings. The van der Waals surface area contributed by atoms with Gasteiger partial charge in [-0.05, 0) is 32.4 Å². The van der Waals surface area contributed by atoms with Crippen LogP contribution >= 0.6 is 0 Å². The second kappa shape index (κ2) is 8.75. The molecule has 0 radical (unpaired) electrons. The first-order valence-corrected chi connectivity index (χ1v) is 8.79. The zero-order valence-electron chi connectivity index (χ0n) is 16.0. The molecule has 2 amide bonds. The normalized spacial score (nSPS) is 13.6. The summed E-state index contributed by atoms with van der Waals surface area (Å²) < 4.78 is 5.20. The lowest BCUT2D eigenvalue weighted by Crippen LogP contribution is -2.54. The van der Waals surface area contributed by atoms with Crippen molar-refractivity contribution in [3.05, 3.63) is 36.0 Å². The number of nitrogens with one attached hydrogen (secondary N) is 3. The molecule has 2 aromatic rings. The molecular formula is C19H25N3O6. The van der Waals surface area contributed by atoms with Crippen molar-refractivity contribution in [2.75, 3.05) is 6.61 Å². The van der Waals surface area contributed by atoms with Crippen LogP contribution < -0.4 is 10.6 Å². The highest BCUT2D eigenvalue weighted by Crippen LogP contribution is 2.19. The minimum absolute atomic E-state index is 0.104. The molecule has 1 aromatic heterocycles. The summed E-state index contributed by atoms with van der Waals surface area (Å²) in [7, 11) is 0. The molecule has 2 rings (SSSR count). The van der Waals surface area contributed by atoms with E-state index in [-0.39, 0.29) is 6.42 Å². The van der Waals surface area contributed by atoms with Gasteiger partial charge in [0.2, 0.25) is 5.91 Å². The van der Waals surface area contributed by atoms with Crippen LogP contribution in [0.2, 0.25) is 0 Å². The summed E-state index contributed by atoms with van der Waals surface area (Å²) in [6.07, 6.45) is 1.03. The average molecular weight is 391 g/mol. The summed E-state index contributed by atoms with van der Waals surface area (Å²) in [6, 6.07) is 4.90. The van der Waals surface area contributed by atoms with Crippen LogP contribution in [0, 0.1) is 0 Å². The van der Waals surface area contributed by atoms with E-state index >= 15 is 0 Å². The standard InChI is InChI=1S/C19H25N3O6/c1-19(2,3)28-18(27)22-14(16(24)21-15(10-23)17(25)26)8-11-9-20-13-7-5-4-6-12(11)13/h4-7,9,14-15,20,23H,8,10H2,1-3H3,(H,21,24)(H,22,27)(H,25,26)/t14-,15-/m0/s1. The van der Waals surface area contributed by atoms with E-state index in [1.807, 2.05) is 24.3 Å². The fourth-order valence-electron chi connectivity index (χ4n) is 2.64. The van der Waals surface area contributed by atoms with Gasteiger partial charge in [-0.3, -0.25) is 4.79 Å². The number of aliphatic carboxylic acids is 1. The minimum Gasteiger partial charge on any atom is -0.480 e. The third kappa shape index (κ3) is 5.71. The minimum atomic E-state index is -1.47. The van der Waals surface area contributed by atoms with Gasteiger partial charge in [-0.25, -0.2) is 9.59 Å². The SMILES string of the molecule is CC(C)(C)OC(=O)N[C@@H](Cc1c[nH]c2ccccc12)C(=O)N[C@@H](CO)C(=O)O. The Morgan fingerprint density at radius 3 is 2.43 bits per heavy atom. The fraction of sp³-hybridized carbons (Fsp3) is 0.421. The molecule has 0 saturated heterocycles. The Morgan fingerprint density at radius 1 is 1.14 bits per heavy atom. The van der Waals surface area contributed by atoms with Crippen molar-refractivity contribution in [3.8, 4) is 0 Å². The van der Waals surface area contributed by atoms with E-state index in [0.717, 1.165) is 16.5 Å². The van der Waals surface area contributed by atoms with Crippen molar-refractivity contribution < 1.29 is 29.3 Å². The lowest BCUT2D eigenvalue weighted by Gasteiger charge is -2.24. The van der Waals surface area contributed by atoms with Crippen LogP contribution in [0.4, 0.5) is 4.79 Å². The molecule has 0 unspecified atom stereocenters. The molecule has 0 aliphatic carbocycles. The summed E-state index contributed by atoms with van der Waals surface area (Å²) >= 11 is 0. The number of carbonyl (C=O) groups is 3. The number of alkyl carbamates (subject to hydrolysis) is 1. The molecule has 1 heterocycles. The Balaban J connectivity index is 2.23. The van der Waals surface area contributed by atoms with Gasteiger partial charge >= 0.3 is 12.1 Å². The van der Waals surface area contributed by atoms with E-state index in [1.54, 1.807) is 27.0 Å². The Morgan fingerprint density at radius 2 is 1.82 bits per heavy atom. The van der Waals surface area contributed by atoms with E-state index in [1.165, 1.54) is 0 Å². The topological polar surface area (TPSA) is 141 Å². The van der Waals surface area contributed by atoms with Crippen LogP contribution in [0.15, 0.2) is 30.5 Å². The Labute approximate surface area is 162 Å². The number of hydrogen-bond donors (Lipinski definition) is 5. The van der Waals surface area contributed by atoms with Gasteiger partial charge in [0.05, 0.1) is 6.61 Å². The maximum Gasteiger partial charge on any atom is 0.408 e. The second-order valence-electron chi connectivity index (χ2n) is 7.34. The highest BCUT2D eigenvalue weighted by molar-refractivity contribution is 5.90. The predicted octanol–water partition coefficient (Wildman–Crippen LogP) is 1.17. The van der Waals surface area contributed by atoms with Crippen molar-refractivity contribution in [2.45, 2.75) is 44.9 Å². The number of carboxylic acid groups (broad SMARTS) is 1. The summed E-state index contributed by atoms with van der Waals surface area (Å²) in [4.78, 5) is 39.0. The summed E-state index contributed by atoms with van der Waals surface area (Å²) in [5, 5.41) is 23.8. The van der Waals surface area contributed by atoms with E-state index in [9.17, 15) is 14.4 Å². The molecule has 1 aromatic carbocycles. The number of aliphatic hydroxyl groups is 1. The number of carbonyl (C=O) groups excluding carboxylic acids is 2. The maximum absolute atomic E-state index is 12.6. The third-order valence-electron chi connectivity index (χ3n) is 3.90. The molecule has 0 spiro atoms. The highest BCUT2D eigenvalue weighted by Gasteiger charge is 2.28. The van der Waals surface area contributed by atoms with Crippen LogP contribution in [-0.2, 0) is 20.7 Å². The first-order valence-electron chi connectivity index (χ1n) is 8.79. The average Bonchev–Trinajstić information content (AvgIpc) is 3.00. The third-order valence-corrected chi connectivity index (χ3v) is 3.90. The number of hydrogen-bond acceptors (Lipinski definition) is 5. The van der Waals surface area contributed by atoms with Crippen LogP contribution in [0.25, 0.3) is 10.9 Å². The van der Waals surface area contributed by atoms with E-state index in [2.05, 4.69) is 15.6 Å². The van der Waals surface area contributed by atoms with Gasteiger partial charge in [0.15, 0.2) is 0 Å². The molecule has 9 heteroatoms.